The Morgan fingerprint density at radius 1 is 0.939 bits per heavy atom. The molecule has 7 nitrogen and oxygen atoms in total. The van der Waals surface area contributed by atoms with Crippen molar-refractivity contribution in [2.24, 2.45) is 5.41 Å². The van der Waals surface area contributed by atoms with Crippen molar-refractivity contribution in [2.45, 2.75) is 89.1 Å². The fourth-order valence-corrected chi connectivity index (χ4v) is 7.31. The molecule has 2 N–H and O–H groups in total. The third kappa shape index (κ3) is 8.09. The van der Waals surface area contributed by atoms with Crippen LogP contribution < -0.4 is 4.74 Å². The van der Waals surface area contributed by atoms with Crippen molar-refractivity contribution in [3.63, 3.8) is 0 Å². The number of aromatic nitrogens is 4. The van der Waals surface area contributed by atoms with E-state index < -0.39 is 29.0 Å². The van der Waals surface area contributed by atoms with Crippen LogP contribution in [0.1, 0.15) is 81.6 Å². The van der Waals surface area contributed by atoms with Crippen LogP contribution in [-0.2, 0) is 24.0 Å². The van der Waals surface area contributed by atoms with Gasteiger partial charge in [-0.25, -0.2) is 0 Å². The van der Waals surface area contributed by atoms with Gasteiger partial charge in [0.25, 0.3) is 0 Å². The van der Waals surface area contributed by atoms with Crippen LogP contribution >= 0.6 is 11.8 Å². The normalized spacial score (nSPS) is 13.1. The van der Waals surface area contributed by atoms with Gasteiger partial charge in [-0.2, -0.15) is 13.2 Å². The van der Waals surface area contributed by atoms with Crippen LogP contribution in [0.4, 0.5) is 13.2 Å². The number of hydrogen-bond acceptors (Lipinski definition) is 6. The molecule has 5 rings (SSSR count). The van der Waals surface area contributed by atoms with E-state index in [9.17, 15) is 23.1 Å². The summed E-state index contributed by atoms with van der Waals surface area (Å²) >= 11 is 1.69. The molecule has 0 radical (unpaired) electrons. The van der Waals surface area contributed by atoms with E-state index in [1.54, 1.807) is 24.2 Å². The van der Waals surface area contributed by atoms with E-state index in [4.69, 9.17) is 4.74 Å². The molecule has 0 aliphatic rings. The van der Waals surface area contributed by atoms with Crippen molar-refractivity contribution >= 4 is 28.6 Å². The summed E-state index contributed by atoms with van der Waals surface area (Å²) in [5.74, 6) is -0.628. The van der Waals surface area contributed by atoms with Crippen LogP contribution in [0.2, 0.25) is 0 Å². The summed E-state index contributed by atoms with van der Waals surface area (Å²) in [5, 5.41) is 11.8. The van der Waals surface area contributed by atoms with Crippen molar-refractivity contribution in [3.05, 3.63) is 101 Å². The van der Waals surface area contributed by atoms with E-state index in [1.807, 2.05) is 63.2 Å². The summed E-state index contributed by atoms with van der Waals surface area (Å²) in [6, 6.07) is 15.7. The van der Waals surface area contributed by atoms with E-state index >= 15 is 0 Å². The molecule has 258 valence electrons. The fraction of sp³-hybridized carbons (Fsp3) is 0.368. The molecule has 0 amide bonds. The SMILES string of the molecule is CCC(CC)(C(=O)O)C(Cc1ccc(-c2ccc(C(F)(F)F)cn2)cc1)c1[nH]c2ccc(OCc3cnc(C)cn3)cc2c1SC(C)(C)C. The number of alkyl halides is 3. The van der Waals surface area contributed by atoms with Crippen molar-refractivity contribution in [2.75, 3.05) is 0 Å². The zero-order valence-corrected chi connectivity index (χ0v) is 29.3. The van der Waals surface area contributed by atoms with Crippen LogP contribution in [0.15, 0.2) is 78.1 Å². The van der Waals surface area contributed by atoms with E-state index in [2.05, 4.69) is 40.7 Å². The van der Waals surface area contributed by atoms with Gasteiger partial charge >= 0.3 is 12.1 Å². The van der Waals surface area contributed by atoms with Gasteiger partial charge < -0.3 is 14.8 Å². The smallest absolute Gasteiger partial charge is 0.417 e. The molecule has 3 aromatic heterocycles. The number of H-pyrrole nitrogens is 1. The lowest BCUT2D eigenvalue weighted by molar-refractivity contribution is -0.151. The second-order valence-corrected chi connectivity index (χ2v) is 15.1. The van der Waals surface area contributed by atoms with Gasteiger partial charge in [0, 0.05) is 50.1 Å². The number of aryl methyl sites for hydroxylation is 1. The first-order chi connectivity index (χ1) is 23.1. The highest BCUT2D eigenvalue weighted by molar-refractivity contribution is 8.00. The summed E-state index contributed by atoms with van der Waals surface area (Å²) in [5.41, 5.74) is 3.39. The summed E-state index contributed by atoms with van der Waals surface area (Å²) in [7, 11) is 0. The standard InChI is InChI=1S/C38H41F3N4O3S/c1-7-37(8-2,35(46)47)30(17-24-9-11-25(12-10-24)31-15-13-26(20-44-31)38(39,40)41)33-34(49-36(4,5)6)29-18-28(14-16-32(29)45-33)48-22-27-21-42-23(3)19-43-27/h9-16,18-21,30,45H,7-8,17,22H2,1-6H3,(H,46,47). The molecule has 0 aliphatic heterocycles. The minimum atomic E-state index is -4.46. The predicted octanol–water partition coefficient (Wildman–Crippen LogP) is 10.0. The number of ether oxygens (including phenoxy) is 1. The lowest BCUT2D eigenvalue weighted by atomic mass is 9.67. The molecule has 49 heavy (non-hydrogen) atoms. The maximum absolute atomic E-state index is 13.2. The lowest BCUT2D eigenvalue weighted by Gasteiger charge is -2.36. The minimum Gasteiger partial charge on any atom is -0.487 e. The number of carbonyl (C=O) groups is 1. The Bertz CT molecular complexity index is 1900. The van der Waals surface area contributed by atoms with Crippen molar-refractivity contribution < 1.29 is 27.8 Å². The first-order valence-corrected chi connectivity index (χ1v) is 17.1. The lowest BCUT2D eigenvalue weighted by Crippen LogP contribution is -2.38. The van der Waals surface area contributed by atoms with Gasteiger partial charge in [-0.15, -0.1) is 11.8 Å². The highest BCUT2D eigenvalue weighted by Crippen LogP contribution is 2.50. The summed E-state index contributed by atoms with van der Waals surface area (Å²) < 4.78 is 45.1. The molecule has 0 saturated carbocycles. The van der Waals surface area contributed by atoms with Gasteiger partial charge in [-0.3, -0.25) is 19.7 Å². The number of hydrogen-bond donors (Lipinski definition) is 2. The number of rotatable bonds is 12. The number of benzene rings is 2. The highest BCUT2D eigenvalue weighted by Gasteiger charge is 2.45. The Balaban J connectivity index is 1.55. The molecule has 5 aromatic rings. The molecule has 11 heteroatoms. The predicted molar refractivity (Wildman–Crippen MR) is 187 cm³/mol. The molecular weight excluding hydrogens is 650 g/mol. The number of halogens is 3. The van der Waals surface area contributed by atoms with Crippen LogP contribution in [0.25, 0.3) is 22.2 Å². The first kappa shape index (κ1) is 35.9. The van der Waals surface area contributed by atoms with Gasteiger partial charge in [0.2, 0.25) is 0 Å². The molecule has 2 aromatic carbocycles. The van der Waals surface area contributed by atoms with E-state index in [1.165, 1.54) is 6.07 Å². The largest absolute Gasteiger partial charge is 0.487 e. The number of carboxylic acid groups (broad SMARTS) is 1. The Morgan fingerprint density at radius 2 is 1.65 bits per heavy atom. The number of nitrogens with one attached hydrogen (secondary N) is 1. The fourth-order valence-electron chi connectivity index (χ4n) is 6.12. The number of aliphatic carboxylic acids is 1. The average Bonchev–Trinajstić information content (AvgIpc) is 3.40. The Morgan fingerprint density at radius 3 is 2.20 bits per heavy atom. The Hall–Kier alpha value is -4.38. The number of thioether (sulfide) groups is 1. The second-order valence-electron chi connectivity index (χ2n) is 13.3. The topological polar surface area (TPSA) is 101 Å². The second kappa shape index (κ2) is 14.2. The first-order valence-electron chi connectivity index (χ1n) is 16.2. The van der Waals surface area contributed by atoms with Gasteiger partial charge in [0.1, 0.15) is 12.4 Å². The van der Waals surface area contributed by atoms with Gasteiger partial charge in [0.15, 0.2) is 0 Å². The summed E-state index contributed by atoms with van der Waals surface area (Å²) in [6.45, 7) is 12.4. The maximum Gasteiger partial charge on any atom is 0.417 e. The van der Waals surface area contributed by atoms with E-state index in [-0.39, 0.29) is 11.4 Å². The molecular formula is C38H41F3N4O3S. The highest BCUT2D eigenvalue weighted by atomic mass is 32.2. The summed E-state index contributed by atoms with van der Waals surface area (Å²) in [4.78, 5) is 30.5. The van der Waals surface area contributed by atoms with Crippen LogP contribution in [-0.4, -0.2) is 35.8 Å². The van der Waals surface area contributed by atoms with Gasteiger partial charge in [-0.05, 0) is 62.1 Å². The molecule has 0 aliphatic carbocycles. The molecule has 0 saturated heterocycles. The molecule has 3 heterocycles. The summed E-state index contributed by atoms with van der Waals surface area (Å²) in [6.07, 6.45) is 1.03. The Labute approximate surface area is 288 Å². The van der Waals surface area contributed by atoms with Gasteiger partial charge in [-0.1, -0.05) is 58.9 Å². The van der Waals surface area contributed by atoms with E-state index in [0.717, 1.165) is 45.0 Å². The molecule has 1 unspecified atom stereocenters. The molecule has 0 bridgehead atoms. The van der Waals surface area contributed by atoms with Crippen molar-refractivity contribution in [1.29, 1.82) is 0 Å². The van der Waals surface area contributed by atoms with E-state index in [0.29, 0.717) is 42.0 Å². The number of aromatic amines is 1. The zero-order valence-electron chi connectivity index (χ0n) is 28.5. The molecule has 0 fully saturated rings. The number of carboxylic acids is 1. The maximum atomic E-state index is 13.2. The number of pyridine rings is 1. The quantitative estimate of drug-likeness (QED) is 0.126. The number of nitrogens with zero attached hydrogens (tertiary/aromatic N) is 3. The number of fused-ring (bicyclic) bond motifs is 1. The van der Waals surface area contributed by atoms with Crippen LogP contribution in [0, 0.1) is 12.3 Å². The van der Waals surface area contributed by atoms with Crippen molar-refractivity contribution in [1.82, 2.24) is 19.9 Å². The monoisotopic (exact) mass is 690 g/mol. The van der Waals surface area contributed by atoms with Crippen LogP contribution in [0.5, 0.6) is 5.75 Å². The Kier molecular flexibility index (Phi) is 10.4. The third-order valence-electron chi connectivity index (χ3n) is 8.86. The molecule has 0 spiro atoms. The van der Waals surface area contributed by atoms with Crippen molar-refractivity contribution in [3.8, 4) is 17.0 Å². The van der Waals surface area contributed by atoms with Crippen LogP contribution in [0.3, 0.4) is 0 Å². The third-order valence-corrected chi connectivity index (χ3v) is 10.1. The minimum absolute atomic E-state index is 0.191. The zero-order chi connectivity index (χ0) is 35.6. The van der Waals surface area contributed by atoms with Gasteiger partial charge in [0.05, 0.1) is 34.3 Å². The molecule has 1 atom stereocenters. The average molecular weight is 691 g/mol.